The maximum absolute atomic E-state index is 3.67. The SMILES string of the molecule is CCCNC(CC)CCCN1CC(C)CC(C)C1C. The van der Waals surface area contributed by atoms with Crippen LogP contribution in [0.25, 0.3) is 0 Å². The maximum atomic E-state index is 3.67. The molecule has 0 bridgehead atoms. The van der Waals surface area contributed by atoms with Gasteiger partial charge in [0.05, 0.1) is 0 Å². The van der Waals surface area contributed by atoms with Gasteiger partial charge in [-0.1, -0.05) is 27.7 Å². The summed E-state index contributed by atoms with van der Waals surface area (Å²) in [4.78, 5) is 2.73. The molecule has 0 aliphatic carbocycles. The topological polar surface area (TPSA) is 15.3 Å². The minimum absolute atomic E-state index is 0.731. The van der Waals surface area contributed by atoms with E-state index in [-0.39, 0.29) is 0 Å². The van der Waals surface area contributed by atoms with E-state index in [1.165, 1.54) is 51.7 Å². The first kappa shape index (κ1) is 17.0. The van der Waals surface area contributed by atoms with Crippen LogP contribution >= 0.6 is 0 Å². The monoisotopic (exact) mass is 268 g/mol. The third kappa shape index (κ3) is 5.83. The Morgan fingerprint density at radius 1 is 1.21 bits per heavy atom. The summed E-state index contributed by atoms with van der Waals surface area (Å²) in [7, 11) is 0. The zero-order valence-electron chi connectivity index (χ0n) is 13.9. The van der Waals surface area contributed by atoms with Crippen molar-refractivity contribution in [3.05, 3.63) is 0 Å². The van der Waals surface area contributed by atoms with Crippen LogP contribution in [-0.2, 0) is 0 Å². The fourth-order valence-electron chi connectivity index (χ4n) is 3.47. The number of hydrogen-bond acceptors (Lipinski definition) is 2. The first-order valence-corrected chi connectivity index (χ1v) is 8.55. The van der Waals surface area contributed by atoms with Gasteiger partial charge in [-0.05, 0) is 64.0 Å². The van der Waals surface area contributed by atoms with Gasteiger partial charge in [0.25, 0.3) is 0 Å². The van der Waals surface area contributed by atoms with E-state index in [0.29, 0.717) is 0 Å². The Morgan fingerprint density at radius 3 is 2.58 bits per heavy atom. The van der Waals surface area contributed by atoms with Gasteiger partial charge in [0.15, 0.2) is 0 Å². The van der Waals surface area contributed by atoms with Gasteiger partial charge in [0.1, 0.15) is 0 Å². The molecule has 1 aliphatic rings. The van der Waals surface area contributed by atoms with Gasteiger partial charge in [-0.3, -0.25) is 0 Å². The molecule has 2 heteroatoms. The van der Waals surface area contributed by atoms with E-state index < -0.39 is 0 Å². The lowest BCUT2D eigenvalue weighted by Gasteiger charge is -2.41. The molecule has 4 atom stereocenters. The third-order valence-electron chi connectivity index (χ3n) is 4.89. The number of nitrogens with zero attached hydrogens (tertiary/aromatic N) is 1. The molecule has 1 saturated heterocycles. The van der Waals surface area contributed by atoms with Gasteiger partial charge in [0, 0.05) is 18.6 Å². The lowest BCUT2D eigenvalue weighted by Crippen LogP contribution is -2.46. The molecule has 1 fully saturated rings. The number of piperidine rings is 1. The molecule has 1 heterocycles. The first-order valence-electron chi connectivity index (χ1n) is 8.55. The lowest BCUT2D eigenvalue weighted by atomic mass is 9.86. The Kier molecular flexibility index (Phi) is 8.01. The summed E-state index contributed by atoms with van der Waals surface area (Å²) in [5, 5.41) is 3.67. The van der Waals surface area contributed by atoms with Crippen molar-refractivity contribution in [1.29, 1.82) is 0 Å². The first-order chi connectivity index (χ1) is 9.08. The van der Waals surface area contributed by atoms with Crippen LogP contribution in [0, 0.1) is 11.8 Å². The Morgan fingerprint density at radius 2 is 1.95 bits per heavy atom. The smallest absolute Gasteiger partial charge is 0.00927 e. The molecule has 0 aromatic carbocycles. The molecular formula is C17H36N2. The van der Waals surface area contributed by atoms with Crippen LogP contribution in [-0.4, -0.2) is 36.6 Å². The summed E-state index contributed by atoms with van der Waals surface area (Å²) in [5.41, 5.74) is 0. The van der Waals surface area contributed by atoms with Crippen LogP contribution < -0.4 is 5.32 Å². The second kappa shape index (κ2) is 8.97. The van der Waals surface area contributed by atoms with Crippen molar-refractivity contribution in [2.45, 2.75) is 78.8 Å². The third-order valence-corrected chi connectivity index (χ3v) is 4.89. The summed E-state index contributed by atoms with van der Waals surface area (Å²) in [6, 6.07) is 1.51. The highest BCUT2D eigenvalue weighted by molar-refractivity contribution is 4.82. The van der Waals surface area contributed by atoms with Crippen LogP contribution in [0.1, 0.15) is 66.7 Å². The number of likely N-dealkylation sites (tertiary alicyclic amines) is 1. The highest BCUT2D eigenvalue weighted by Crippen LogP contribution is 2.27. The van der Waals surface area contributed by atoms with Crippen LogP contribution in [0.15, 0.2) is 0 Å². The molecule has 19 heavy (non-hydrogen) atoms. The fraction of sp³-hybridized carbons (Fsp3) is 1.00. The minimum atomic E-state index is 0.731. The van der Waals surface area contributed by atoms with Gasteiger partial charge in [0.2, 0.25) is 0 Å². The van der Waals surface area contributed by atoms with E-state index in [4.69, 9.17) is 0 Å². The molecule has 114 valence electrons. The molecule has 1 rings (SSSR count). The molecule has 0 spiro atoms. The van der Waals surface area contributed by atoms with E-state index in [9.17, 15) is 0 Å². The highest BCUT2D eigenvalue weighted by Gasteiger charge is 2.28. The predicted molar refractivity (Wildman–Crippen MR) is 85.6 cm³/mol. The van der Waals surface area contributed by atoms with Crippen molar-refractivity contribution in [1.82, 2.24) is 10.2 Å². The van der Waals surface area contributed by atoms with Gasteiger partial charge < -0.3 is 10.2 Å². The molecule has 0 radical (unpaired) electrons. The van der Waals surface area contributed by atoms with Crippen molar-refractivity contribution in [3.63, 3.8) is 0 Å². The molecule has 1 N–H and O–H groups in total. The standard InChI is InChI=1S/C17H36N2/c1-6-10-18-17(7-2)9-8-11-19-13-14(3)12-15(4)16(19)5/h14-18H,6-13H2,1-5H3. The quantitative estimate of drug-likeness (QED) is 0.718. The average Bonchev–Trinajstić information content (AvgIpc) is 2.39. The van der Waals surface area contributed by atoms with Gasteiger partial charge in [-0.2, -0.15) is 0 Å². The number of hydrogen-bond donors (Lipinski definition) is 1. The van der Waals surface area contributed by atoms with Gasteiger partial charge in [-0.25, -0.2) is 0 Å². The fourth-order valence-corrected chi connectivity index (χ4v) is 3.47. The highest BCUT2D eigenvalue weighted by atomic mass is 15.2. The summed E-state index contributed by atoms with van der Waals surface area (Å²) < 4.78 is 0. The molecule has 2 nitrogen and oxygen atoms in total. The zero-order chi connectivity index (χ0) is 14.3. The van der Waals surface area contributed by atoms with Crippen molar-refractivity contribution in [2.75, 3.05) is 19.6 Å². The van der Waals surface area contributed by atoms with Gasteiger partial charge in [-0.15, -0.1) is 0 Å². The van der Waals surface area contributed by atoms with E-state index in [2.05, 4.69) is 44.8 Å². The molecule has 1 aliphatic heterocycles. The molecular weight excluding hydrogens is 232 g/mol. The summed E-state index contributed by atoms with van der Waals surface area (Å²) in [5.74, 6) is 1.75. The molecule has 4 unspecified atom stereocenters. The molecule has 0 saturated carbocycles. The predicted octanol–water partition coefficient (Wildman–Crippen LogP) is 3.91. The normalized spacial score (nSPS) is 30.5. The Balaban J connectivity index is 2.26. The van der Waals surface area contributed by atoms with Crippen LogP contribution in [0.5, 0.6) is 0 Å². The number of rotatable bonds is 8. The zero-order valence-corrected chi connectivity index (χ0v) is 13.9. The van der Waals surface area contributed by atoms with E-state index in [1.807, 2.05) is 0 Å². The van der Waals surface area contributed by atoms with Crippen LogP contribution in [0.3, 0.4) is 0 Å². The molecule has 0 aromatic rings. The minimum Gasteiger partial charge on any atom is -0.314 e. The number of nitrogens with one attached hydrogen (secondary N) is 1. The van der Waals surface area contributed by atoms with E-state index >= 15 is 0 Å². The maximum Gasteiger partial charge on any atom is 0.00927 e. The van der Waals surface area contributed by atoms with Crippen LogP contribution in [0.2, 0.25) is 0 Å². The second-order valence-corrected chi connectivity index (χ2v) is 6.76. The van der Waals surface area contributed by atoms with Crippen molar-refractivity contribution < 1.29 is 0 Å². The summed E-state index contributed by atoms with van der Waals surface area (Å²) in [6.07, 6.45) is 6.60. The largest absolute Gasteiger partial charge is 0.314 e. The van der Waals surface area contributed by atoms with Crippen molar-refractivity contribution in [2.24, 2.45) is 11.8 Å². The Labute approximate surface area is 121 Å². The van der Waals surface area contributed by atoms with Crippen molar-refractivity contribution >= 4 is 0 Å². The lowest BCUT2D eigenvalue weighted by molar-refractivity contribution is 0.0774. The average molecular weight is 268 g/mol. The van der Waals surface area contributed by atoms with Crippen LogP contribution in [0.4, 0.5) is 0 Å². The van der Waals surface area contributed by atoms with Gasteiger partial charge >= 0.3 is 0 Å². The van der Waals surface area contributed by atoms with Crippen molar-refractivity contribution in [3.8, 4) is 0 Å². The summed E-state index contributed by atoms with van der Waals surface area (Å²) in [6.45, 7) is 15.6. The molecule has 0 aromatic heterocycles. The van der Waals surface area contributed by atoms with E-state index in [1.54, 1.807) is 0 Å². The molecule has 0 amide bonds. The Hall–Kier alpha value is -0.0800. The second-order valence-electron chi connectivity index (χ2n) is 6.76. The Bertz CT molecular complexity index is 229. The van der Waals surface area contributed by atoms with E-state index in [0.717, 1.165) is 23.9 Å². The summed E-state index contributed by atoms with van der Waals surface area (Å²) >= 11 is 0.